The molecule has 0 radical (unpaired) electrons. The molecule has 2 aromatic heterocycles. The lowest BCUT2D eigenvalue weighted by atomic mass is 9.98. The smallest absolute Gasteiger partial charge is 0.342 e. The highest BCUT2D eigenvalue weighted by atomic mass is 35.5. The van der Waals surface area contributed by atoms with Crippen LogP contribution in [0, 0.1) is 0 Å². The van der Waals surface area contributed by atoms with Crippen LogP contribution in [0.5, 0.6) is 0 Å². The van der Waals surface area contributed by atoms with Gasteiger partial charge in [-0.25, -0.2) is 4.79 Å². The maximum atomic E-state index is 12.2. The third-order valence-electron chi connectivity index (χ3n) is 3.46. The van der Waals surface area contributed by atoms with Gasteiger partial charge in [0.1, 0.15) is 10.4 Å². The van der Waals surface area contributed by atoms with Crippen LogP contribution >= 0.6 is 22.9 Å². The van der Waals surface area contributed by atoms with Crippen LogP contribution < -0.4 is 5.56 Å². The number of carbonyl (C=O) groups is 1. The highest BCUT2D eigenvalue weighted by molar-refractivity contribution is 7.18. The van der Waals surface area contributed by atoms with Gasteiger partial charge in [-0.15, -0.1) is 11.3 Å². The van der Waals surface area contributed by atoms with E-state index in [9.17, 15) is 14.7 Å². The number of aromatic amines is 1. The van der Waals surface area contributed by atoms with Crippen molar-refractivity contribution in [3.8, 4) is 11.1 Å². The van der Waals surface area contributed by atoms with E-state index in [4.69, 9.17) is 11.6 Å². The molecule has 112 valence electrons. The molecule has 6 heteroatoms. The van der Waals surface area contributed by atoms with Gasteiger partial charge in [-0.05, 0) is 18.6 Å². The molecule has 0 aliphatic rings. The number of nitrogens with one attached hydrogen (secondary N) is 1. The Balaban J connectivity index is 2.51. The number of carboxylic acid groups (broad SMARTS) is 1. The highest BCUT2D eigenvalue weighted by Crippen LogP contribution is 2.37. The molecule has 0 saturated heterocycles. The van der Waals surface area contributed by atoms with Crippen LogP contribution in [0.3, 0.4) is 0 Å². The maximum Gasteiger partial charge on any atom is 0.342 e. The number of aryl methyl sites for hydroxylation is 1. The van der Waals surface area contributed by atoms with Gasteiger partial charge in [0, 0.05) is 26.4 Å². The molecule has 2 heterocycles. The summed E-state index contributed by atoms with van der Waals surface area (Å²) in [5.74, 6) is -1.26. The quantitative estimate of drug-likeness (QED) is 0.755. The molecule has 0 saturated carbocycles. The molecule has 0 aliphatic carbocycles. The van der Waals surface area contributed by atoms with Gasteiger partial charge in [-0.2, -0.15) is 0 Å². The average molecular weight is 334 g/mol. The number of aromatic nitrogens is 1. The Bertz CT molecular complexity index is 942. The standard InChI is InChI=1S/C16H12ClNO3S/c1-2-8-7-10-12(9-5-3-4-6-11(9)17)13(16(20)21)14(19)18-15(10)22-8/h3-7H,2H2,1H3,(H,18,19)(H,20,21). The molecule has 2 N–H and O–H groups in total. The van der Waals surface area contributed by atoms with Crippen LogP contribution in [0.15, 0.2) is 35.1 Å². The van der Waals surface area contributed by atoms with E-state index in [2.05, 4.69) is 4.98 Å². The van der Waals surface area contributed by atoms with Crippen molar-refractivity contribution in [3.63, 3.8) is 0 Å². The molecule has 3 rings (SSSR count). The van der Waals surface area contributed by atoms with Crippen molar-refractivity contribution < 1.29 is 9.90 Å². The number of pyridine rings is 1. The highest BCUT2D eigenvalue weighted by Gasteiger charge is 2.22. The fourth-order valence-electron chi connectivity index (χ4n) is 2.46. The maximum absolute atomic E-state index is 12.2. The summed E-state index contributed by atoms with van der Waals surface area (Å²) in [5, 5.41) is 10.6. The summed E-state index contributed by atoms with van der Waals surface area (Å²) in [4.78, 5) is 28.2. The first kappa shape index (κ1) is 14.8. The van der Waals surface area contributed by atoms with Crippen molar-refractivity contribution in [1.82, 2.24) is 4.98 Å². The van der Waals surface area contributed by atoms with E-state index in [1.54, 1.807) is 24.3 Å². The first-order valence-electron chi connectivity index (χ1n) is 6.69. The number of halogens is 1. The third-order valence-corrected chi connectivity index (χ3v) is 4.99. The predicted octanol–water partition coefficient (Wildman–Crippen LogP) is 4.17. The van der Waals surface area contributed by atoms with Gasteiger partial charge < -0.3 is 10.1 Å². The van der Waals surface area contributed by atoms with Gasteiger partial charge >= 0.3 is 5.97 Å². The zero-order valence-electron chi connectivity index (χ0n) is 11.6. The lowest BCUT2D eigenvalue weighted by molar-refractivity contribution is 0.0696. The molecule has 0 bridgehead atoms. The van der Waals surface area contributed by atoms with Crippen LogP contribution in [0.4, 0.5) is 0 Å². The van der Waals surface area contributed by atoms with Crippen LogP contribution in [0.2, 0.25) is 5.02 Å². The van der Waals surface area contributed by atoms with Crippen LogP contribution in [-0.2, 0) is 6.42 Å². The molecule has 0 fully saturated rings. The number of benzene rings is 1. The second kappa shape index (κ2) is 5.59. The predicted molar refractivity (Wildman–Crippen MR) is 89.2 cm³/mol. The van der Waals surface area contributed by atoms with E-state index in [0.29, 0.717) is 26.4 Å². The van der Waals surface area contributed by atoms with Gasteiger partial charge in [-0.1, -0.05) is 36.7 Å². The molecule has 0 amide bonds. The first-order chi connectivity index (χ1) is 10.5. The molecule has 0 atom stereocenters. The third kappa shape index (κ3) is 2.32. The molecule has 1 aromatic carbocycles. The number of fused-ring (bicyclic) bond motifs is 1. The number of hydrogen-bond donors (Lipinski definition) is 2. The van der Waals surface area contributed by atoms with Gasteiger partial charge in [0.25, 0.3) is 5.56 Å². The first-order valence-corrected chi connectivity index (χ1v) is 7.89. The fraction of sp³-hybridized carbons (Fsp3) is 0.125. The molecule has 0 unspecified atom stereocenters. The number of rotatable bonds is 3. The van der Waals surface area contributed by atoms with E-state index in [-0.39, 0.29) is 5.56 Å². The summed E-state index contributed by atoms with van der Waals surface area (Å²) in [7, 11) is 0. The minimum atomic E-state index is -1.26. The van der Waals surface area contributed by atoms with E-state index < -0.39 is 11.5 Å². The van der Waals surface area contributed by atoms with Crippen molar-refractivity contribution >= 4 is 39.1 Å². The van der Waals surface area contributed by atoms with E-state index in [1.807, 2.05) is 13.0 Å². The van der Waals surface area contributed by atoms with Crippen LogP contribution in [0.1, 0.15) is 22.2 Å². The second-order valence-corrected chi connectivity index (χ2v) is 6.34. The van der Waals surface area contributed by atoms with Gasteiger partial charge in [0.2, 0.25) is 0 Å². The number of hydrogen-bond acceptors (Lipinski definition) is 3. The van der Waals surface area contributed by atoms with Crippen molar-refractivity contribution in [1.29, 1.82) is 0 Å². The molecular weight excluding hydrogens is 322 g/mol. The Morgan fingerprint density at radius 3 is 2.73 bits per heavy atom. The van der Waals surface area contributed by atoms with Gasteiger partial charge in [0.15, 0.2) is 0 Å². The lowest BCUT2D eigenvalue weighted by Crippen LogP contribution is -2.18. The minimum absolute atomic E-state index is 0.277. The van der Waals surface area contributed by atoms with Crippen molar-refractivity contribution in [2.24, 2.45) is 0 Å². The number of thiophene rings is 1. The van der Waals surface area contributed by atoms with Crippen LogP contribution in [-0.4, -0.2) is 16.1 Å². The van der Waals surface area contributed by atoms with E-state index in [0.717, 1.165) is 11.3 Å². The Morgan fingerprint density at radius 2 is 2.09 bits per heavy atom. The van der Waals surface area contributed by atoms with E-state index in [1.165, 1.54) is 11.3 Å². The average Bonchev–Trinajstić information content (AvgIpc) is 2.88. The summed E-state index contributed by atoms with van der Waals surface area (Å²) in [6.07, 6.45) is 0.811. The van der Waals surface area contributed by atoms with Crippen molar-refractivity contribution in [2.45, 2.75) is 13.3 Å². The Kier molecular flexibility index (Phi) is 3.76. The minimum Gasteiger partial charge on any atom is -0.477 e. The molecule has 4 nitrogen and oxygen atoms in total. The monoisotopic (exact) mass is 333 g/mol. The summed E-state index contributed by atoms with van der Waals surface area (Å²) >= 11 is 7.68. The van der Waals surface area contributed by atoms with E-state index >= 15 is 0 Å². The summed E-state index contributed by atoms with van der Waals surface area (Å²) in [6, 6.07) is 8.87. The Hall–Kier alpha value is -2.11. The SMILES string of the molecule is CCc1cc2c(-c3ccccc3Cl)c(C(=O)O)c(=O)[nH]c2s1. The van der Waals surface area contributed by atoms with Crippen molar-refractivity contribution in [3.05, 3.63) is 56.1 Å². The zero-order chi connectivity index (χ0) is 15.9. The Morgan fingerprint density at radius 1 is 1.36 bits per heavy atom. The van der Waals surface area contributed by atoms with Crippen molar-refractivity contribution in [2.75, 3.05) is 0 Å². The number of aromatic carboxylic acids is 1. The Labute approximate surface area is 135 Å². The molecule has 0 aliphatic heterocycles. The number of H-pyrrole nitrogens is 1. The normalized spacial score (nSPS) is 11.0. The van der Waals surface area contributed by atoms with Gasteiger partial charge in [0.05, 0.1) is 0 Å². The molecule has 3 aromatic rings. The van der Waals surface area contributed by atoms with Crippen LogP contribution in [0.25, 0.3) is 21.3 Å². The topological polar surface area (TPSA) is 70.2 Å². The lowest BCUT2D eigenvalue weighted by Gasteiger charge is -2.09. The fourth-order valence-corrected chi connectivity index (χ4v) is 3.68. The summed E-state index contributed by atoms with van der Waals surface area (Å²) in [5.41, 5.74) is 0.0476. The summed E-state index contributed by atoms with van der Waals surface area (Å²) in [6.45, 7) is 2.01. The number of carboxylic acids is 1. The molecular formula is C16H12ClNO3S. The largest absolute Gasteiger partial charge is 0.477 e. The second-order valence-electron chi connectivity index (χ2n) is 4.80. The van der Waals surface area contributed by atoms with Gasteiger partial charge in [-0.3, -0.25) is 4.79 Å². The summed E-state index contributed by atoms with van der Waals surface area (Å²) < 4.78 is 0. The molecule has 22 heavy (non-hydrogen) atoms. The molecule has 0 spiro atoms. The zero-order valence-corrected chi connectivity index (χ0v) is 13.2.